The van der Waals surface area contributed by atoms with Crippen LogP contribution in [0.15, 0.2) is 36.4 Å². The van der Waals surface area contributed by atoms with Crippen LogP contribution in [-0.2, 0) is 0 Å². The fourth-order valence-corrected chi connectivity index (χ4v) is 3.21. The van der Waals surface area contributed by atoms with Crippen molar-refractivity contribution in [1.29, 1.82) is 0 Å². The summed E-state index contributed by atoms with van der Waals surface area (Å²) in [6.07, 6.45) is 7.48. The third-order valence-corrected chi connectivity index (χ3v) is 4.20. The first-order valence-corrected chi connectivity index (χ1v) is 7.11. The van der Waals surface area contributed by atoms with E-state index in [0.717, 1.165) is 35.7 Å². The van der Waals surface area contributed by atoms with E-state index in [9.17, 15) is 0 Å². The molecule has 2 N–H and O–H groups in total. The van der Waals surface area contributed by atoms with Gasteiger partial charge in [0.05, 0.1) is 6.61 Å². The molecule has 1 fully saturated rings. The van der Waals surface area contributed by atoms with Crippen LogP contribution in [0, 0.1) is 17.8 Å². The molecule has 3 rings (SSSR count). The minimum Gasteiger partial charge on any atom is -0.491 e. The fraction of sp³-hybridized carbons (Fsp3) is 0.500. The van der Waals surface area contributed by atoms with Crippen LogP contribution in [0.1, 0.15) is 12.8 Å². The highest BCUT2D eigenvalue weighted by atomic mass is 16.5. The predicted octanol–water partition coefficient (Wildman–Crippen LogP) is 2.68. The van der Waals surface area contributed by atoms with Gasteiger partial charge >= 0.3 is 0 Å². The number of ether oxygens (including phenoxy) is 1. The summed E-state index contributed by atoms with van der Waals surface area (Å²) in [5.74, 6) is 3.23. The van der Waals surface area contributed by atoms with Crippen molar-refractivity contribution in [3.05, 3.63) is 36.4 Å². The Balaban J connectivity index is 1.49. The lowest BCUT2D eigenvalue weighted by Gasteiger charge is -2.19. The zero-order chi connectivity index (χ0) is 13.1. The highest BCUT2D eigenvalue weighted by molar-refractivity contribution is 5.46. The molecule has 3 unspecified atom stereocenters. The number of fused-ring (bicyclic) bond motifs is 2. The molecule has 1 saturated carbocycles. The summed E-state index contributed by atoms with van der Waals surface area (Å²) in [5, 5.41) is 12.2. The Morgan fingerprint density at radius 2 is 2.00 bits per heavy atom. The molecule has 2 aliphatic rings. The van der Waals surface area contributed by atoms with Crippen molar-refractivity contribution >= 4 is 5.69 Å². The van der Waals surface area contributed by atoms with E-state index in [1.54, 1.807) is 0 Å². The molecular weight excluding hydrogens is 238 g/mol. The SMILES string of the molecule is OCCOc1ccc(NCC2CC3C=CC2C3)cc1. The number of nitrogens with one attached hydrogen (secondary N) is 1. The second-order valence-corrected chi connectivity index (χ2v) is 5.52. The molecule has 0 aromatic heterocycles. The number of aliphatic hydroxyl groups is 1. The van der Waals surface area contributed by atoms with Crippen molar-refractivity contribution in [1.82, 2.24) is 0 Å². The van der Waals surface area contributed by atoms with Gasteiger partial charge in [-0.05, 0) is 54.9 Å². The molecule has 19 heavy (non-hydrogen) atoms. The van der Waals surface area contributed by atoms with Gasteiger partial charge in [0, 0.05) is 12.2 Å². The minimum absolute atomic E-state index is 0.0533. The van der Waals surface area contributed by atoms with Gasteiger partial charge in [-0.15, -0.1) is 0 Å². The van der Waals surface area contributed by atoms with E-state index in [0.29, 0.717) is 6.61 Å². The number of anilines is 1. The maximum Gasteiger partial charge on any atom is 0.119 e. The van der Waals surface area contributed by atoms with Crippen LogP contribution in [0.25, 0.3) is 0 Å². The zero-order valence-corrected chi connectivity index (χ0v) is 11.1. The van der Waals surface area contributed by atoms with Crippen LogP contribution in [0.3, 0.4) is 0 Å². The average Bonchev–Trinajstić information content (AvgIpc) is 3.06. The van der Waals surface area contributed by atoms with E-state index < -0.39 is 0 Å². The van der Waals surface area contributed by atoms with E-state index >= 15 is 0 Å². The monoisotopic (exact) mass is 259 g/mol. The van der Waals surface area contributed by atoms with Crippen molar-refractivity contribution in [2.75, 3.05) is 25.1 Å². The van der Waals surface area contributed by atoms with Gasteiger partial charge in [-0.3, -0.25) is 0 Å². The maximum absolute atomic E-state index is 8.70. The molecule has 3 atom stereocenters. The number of benzene rings is 1. The first kappa shape index (κ1) is 12.5. The second-order valence-electron chi connectivity index (χ2n) is 5.52. The van der Waals surface area contributed by atoms with Crippen LogP contribution < -0.4 is 10.1 Å². The molecule has 2 aliphatic carbocycles. The van der Waals surface area contributed by atoms with E-state index in [4.69, 9.17) is 9.84 Å². The molecule has 1 aromatic rings. The molecule has 0 heterocycles. The van der Waals surface area contributed by atoms with Gasteiger partial charge in [-0.1, -0.05) is 12.2 Å². The summed E-state index contributed by atoms with van der Waals surface area (Å²) >= 11 is 0. The van der Waals surface area contributed by atoms with Gasteiger partial charge < -0.3 is 15.2 Å². The summed E-state index contributed by atoms with van der Waals surface area (Å²) in [6.45, 7) is 1.46. The fourth-order valence-electron chi connectivity index (χ4n) is 3.21. The van der Waals surface area contributed by atoms with Crippen LogP contribution in [0.4, 0.5) is 5.69 Å². The summed E-state index contributed by atoms with van der Waals surface area (Å²) in [7, 11) is 0. The van der Waals surface area contributed by atoms with E-state index in [1.165, 1.54) is 12.8 Å². The van der Waals surface area contributed by atoms with E-state index in [2.05, 4.69) is 17.5 Å². The lowest BCUT2D eigenvalue weighted by Crippen LogP contribution is -2.18. The molecule has 0 aliphatic heterocycles. The van der Waals surface area contributed by atoms with Crippen LogP contribution in [0.5, 0.6) is 5.75 Å². The van der Waals surface area contributed by atoms with Gasteiger partial charge in [0.1, 0.15) is 12.4 Å². The predicted molar refractivity (Wildman–Crippen MR) is 76.4 cm³/mol. The molecule has 1 aromatic carbocycles. The summed E-state index contributed by atoms with van der Waals surface area (Å²) in [6, 6.07) is 7.96. The van der Waals surface area contributed by atoms with Crippen molar-refractivity contribution in [2.45, 2.75) is 12.8 Å². The van der Waals surface area contributed by atoms with Gasteiger partial charge in [0.2, 0.25) is 0 Å². The lowest BCUT2D eigenvalue weighted by atomic mass is 9.93. The largest absolute Gasteiger partial charge is 0.491 e. The molecule has 3 heteroatoms. The first-order valence-electron chi connectivity index (χ1n) is 7.11. The summed E-state index contributed by atoms with van der Waals surface area (Å²) in [4.78, 5) is 0. The molecule has 3 nitrogen and oxygen atoms in total. The first-order chi connectivity index (χ1) is 9.35. The van der Waals surface area contributed by atoms with Crippen LogP contribution in [0.2, 0.25) is 0 Å². The zero-order valence-electron chi connectivity index (χ0n) is 11.1. The number of rotatable bonds is 6. The average molecular weight is 259 g/mol. The highest BCUT2D eigenvalue weighted by Crippen LogP contribution is 2.43. The Kier molecular flexibility index (Phi) is 3.74. The molecule has 2 bridgehead atoms. The van der Waals surface area contributed by atoms with Gasteiger partial charge in [0.25, 0.3) is 0 Å². The molecule has 102 valence electrons. The lowest BCUT2D eigenvalue weighted by molar-refractivity contribution is 0.201. The second kappa shape index (κ2) is 5.66. The van der Waals surface area contributed by atoms with Crippen LogP contribution in [-0.4, -0.2) is 24.9 Å². The van der Waals surface area contributed by atoms with Gasteiger partial charge in [0.15, 0.2) is 0 Å². The Morgan fingerprint density at radius 3 is 2.63 bits per heavy atom. The third kappa shape index (κ3) is 2.92. The topological polar surface area (TPSA) is 41.5 Å². The summed E-state index contributed by atoms with van der Waals surface area (Å²) < 4.78 is 5.34. The van der Waals surface area contributed by atoms with Crippen molar-refractivity contribution < 1.29 is 9.84 Å². The maximum atomic E-state index is 8.70. The number of aliphatic hydroxyl groups excluding tert-OH is 1. The van der Waals surface area contributed by atoms with Crippen molar-refractivity contribution in [3.63, 3.8) is 0 Å². The smallest absolute Gasteiger partial charge is 0.119 e. The molecule has 0 amide bonds. The Hall–Kier alpha value is -1.48. The molecule has 0 spiro atoms. The van der Waals surface area contributed by atoms with E-state index in [-0.39, 0.29) is 6.61 Å². The van der Waals surface area contributed by atoms with Crippen molar-refractivity contribution in [2.24, 2.45) is 17.8 Å². The van der Waals surface area contributed by atoms with E-state index in [1.807, 2.05) is 24.3 Å². The quantitative estimate of drug-likeness (QED) is 0.772. The van der Waals surface area contributed by atoms with Gasteiger partial charge in [-0.2, -0.15) is 0 Å². The number of allylic oxidation sites excluding steroid dienone is 2. The normalized spacial score (nSPS) is 27.7. The third-order valence-electron chi connectivity index (χ3n) is 4.20. The van der Waals surface area contributed by atoms with Crippen LogP contribution >= 0.6 is 0 Å². The highest BCUT2D eigenvalue weighted by Gasteiger charge is 2.35. The minimum atomic E-state index is 0.0533. The Morgan fingerprint density at radius 1 is 1.16 bits per heavy atom. The molecule has 0 radical (unpaired) electrons. The Labute approximate surface area is 114 Å². The van der Waals surface area contributed by atoms with Crippen molar-refractivity contribution in [3.8, 4) is 5.75 Å². The number of hydrogen-bond acceptors (Lipinski definition) is 3. The Bertz CT molecular complexity index is 441. The molecular formula is C16H21NO2. The standard InChI is InChI=1S/C16H21NO2/c18-7-8-19-16-5-3-15(4-6-16)17-11-14-10-12-1-2-13(14)9-12/h1-6,12-14,17-18H,7-11H2. The number of hydrogen-bond donors (Lipinski definition) is 2. The van der Waals surface area contributed by atoms with Gasteiger partial charge in [-0.25, -0.2) is 0 Å². The molecule has 0 saturated heterocycles. The summed E-state index contributed by atoms with van der Waals surface area (Å²) in [5.41, 5.74) is 1.14.